The summed E-state index contributed by atoms with van der Waals surface area (Å²) >= 11 is 0. The predicted octanol–water partition coefficient (Wildman–Crippen LogP) is 6.27. The summed E-state index contributed by atoms with van der Waals surface area (Å²) in [4.78, 5) is 0. The van der Waals surface area contributed by atoms with Gasteiger partial charge in [-0.1, -0.05) is 52.0 Å². The lowest BCUT2D eigenvalue weighted by Gasteiger charge is -2.21. The first-order valence-corrected chi connectivity index (χ1v) is 8.90. The van der Waals surface area contributed by atoms with Crippen molar-refractivity contribution in [2.45, 2.75) is 59.8 Å². The van der Waals surface area contributed by atoms with E-state index in [0.29, 0.717) is 25.0 Å². The van der Waals surface area contributed by atoms with Crippen LogP contribution in [-0.4, -0.2) is 13.2 Å². The Kier molecular flexibility index (Phi) is 5.92. The third kappa shape index (κ3) is 3.46. The van der Waals surface area contributed by atoms with Crippen molar-refractivity contribution < 1.29 is 9.47 Å². The standard InChI is InChI=1S/C21H30O2/c1-7-15(6)17-11-13-18-19(21(17)23-9-3)12-10-16(14(4)5)20(18)22-8-2/h10-15H,7-9H2,1-6H3. The molecule has 0 fully saturated rings. The van der Waals surface area contributed by atoms with Crippen molar-refractivity contribution in [3.63, 3.8) is 0 Å². The zero-order chi connectivity index (χ0) is 17.0. The summed E-state index contributed by atoms with van der Waals surface area (Å²) in [5.74, 6) is 2.96. The molecule has 2 rings (SSSR count). The monoisotopic (exact) mass is 314 g/mol. The normalized spacial score (nSPS) is 12.7. The maximum Gasteiger partial charge on any atom is 0.130 e. The molecule has 126 valence electrons. The Morgan fingerprint density at radius 1 is 0.739 bits per heavy atom. The highest BCUT2D eigenvalue weighted by atomic mass is 16.5. The van der Waals surface area contributed by atoms with Crippen LogP contribution in [0.25, 0.3) is 10.8 Å². The Labute approximate surface area is 140 Å². The van der Waals surface area contributed by atoms with Crippen molar-refractivity contribution in [2.24, 2.45) is 0 Å². The van der Waals surface area contributed by atoms with Gasteiger partial charge >= 0.3 is 0 Å². The van der Waals surface area contributed by atoms with Crippen LogP contribution in [0.5, 0.6) is 11.5 Å². The van der Waals surface area contributed by atoms with E-state index in [1.165, 1.54) is 11.1 Å². The highest BCUT2D eigenvalue weighted by Crippen LogP contribution is 2.42. The van der Waals surface area contributed by atoms with Gasteiger partial charge in [-0.25, -0.2) is 0 Å². The molecule has 0 heterocycles. The van der Waals surface area contributed by atoms with E-state index in [-0.39, 0.29) is 0 Å². The van der Waals surface area contributed by atoms with Gasteiger partial charge in [0.15, 0.2) is 0 Å². The van der Waals surface area contributed by atoms with Gasteiger partial charge < -0.3 is 9.47 Å². The molecule has 0 saturated carbocycles. The number of hydrogen-bond acceptors (Lipinski definition) is 2. The minimum atomic E-state index is 0.436. The second-order valence-corrected chi connectivity index (χ2v) is 6.39. The average molecular weight is 314 g/mol. The molecule has 0 aliphatic rings. The minimum absolute atomic E-state index is 0.436. The zero-order valence-electron chi connectivity index (χ0n) is 15.4. The maximum atomic E-state index is 6.05. The van der Waals surface area contributed by atoms with Crippen LogP contribution in [0.1, 0.15) is 70.9 Å². The first-order valence-electron chi connectivity index (χ1n) is 8.90. The van der Waals surface area contributed by atoms with E-state index in [2.05, 4.69) is 52.0 Å². The summed E-state index contributed by atoms with van der Waals surface area (Å²) < 4.78 is 12.1. The van der Waals surface area contributed by atoms with E-state index in [1.807, 2.05) is 13.8 Å². The predicted molar refractivity (Wildman–Crippen MR) is 99.1 cm³/mol. The van der Waals surface area contributed by atoms with Gasteiger partial charge in [0.2, 0.25) is 0 Å². The fourth-order valence-corrected chi connectivity index (χ4v) is 3.06. The molecular formula is C21H30O2. The van der Waals surface area contributed by atoms with Crippen molar-refractivity contribution in [3.8, 4) is 11.5 Å². The van der Waals surface area contributed by atoms with Gasteiger partial charge in [0, 0.05) is 10.8 Å². The number of rotatable bonds is 7. The first kappa shape index (κ1) is 17.7. The molecule has 0 radical (unpaired) electrons. The fourth-order valence-electron chi connectivity index (χ4n) is 3.06. The minimum Gasteiger partial charge on any atom is -0.493 e. The van der Waals surface area contributed by atoms with Crippen molar-refractivity contribution in [2.75, 3.05) is 13.2 Å². The van der Waals surface area contributed by atoms with Gasteiger partial charge in [0.25, 0.3) is 0 Å². The molecule has 1 atom stereocenters. The lowest BCUT2D eigenvalue weighted by atomic mass is 9.91. The van der Waals surface area contributed by atoms with E-state index >= 15 is 0 Å². The SMILES string of the molecule is CCOc1c(C(C)C)ccc2c(OCC)c(C(C)CC)ccc12. The van der Waals surface area contributed by atoms with Gasteiger partial charge in [-0.05, 0) is 43.2 Å². The molecule has 0 aliphatic carbocycles. The van der Waals surface area contributed by atoms with Crippen LogP contribution >= 0.6 is 0 Å². The Morgan fingerprint density at radius 3 is 1.65 bits per heavy atom. The quantitative estimate of drug-likeness (QED) is 0.599. The van der Waals surface area contributed by atoms with Crippen molar-refractivity contribution in [1.82, 2.24) is 0 Å². The Morgan fingerprint density at radius 2 is 1.22 bits per heavy atom. The molecule has 2 heteroatoms. The van der Waals surface area contributed by atoms with Gasteiger partial charge in [0.05, 0.1) is 13.2 Å². The maximum absolute atomic E-state index is 6.05. The number of benzene rings is 2. The van der Waals surface area contributed by atoms with Crippen molar-refractivity contribution >= 4 is 10.8 Å². The van der Waals surface area contributed by atoms with E-state index < -0.39 is 0 Å². The van der Waals surface area contributed by atoms with E-state index in [9.17, 15) is 0 Å². The molecule has 0 aromatic heterocycles. The lowest BCUT2D eigenvalue weighted by Crippen LogP contribution is -2.03. The van der Waals surface area contributed by atoms with Gasteiger partial charge in [0.1, 0.15) is 11.5 Å². The molecule has 2 nitrogen and oxygen atoms in total. The third-order valence-corrected chi connectivity index (χ3v) is 4.51. The molecule has 0 bridgehead atoms. The Hall–Kier alpha value is -1.70. The van der Waals surface area contributed by atoms with Crippen LogP contribution < -0.4 is 9.47 Å². The average Bonchev–Trinajstić information content (AvgIpc) is 2.54. The second-order valence-electron chi connectivity index (χ2n) is 6.39. The molecule has 2 aromatic carbocycles. The molecule has 23 heavy (non-hydrogen) atoms. The van der Waals surface area contributed by atoms with Crippen LogP contribution in [0, 0.1) is 0 Å². The van der Waals surface area contributed by atoms with Crippen LogP contribution in [0.4, 0.5) is 0 Å². The van der Waals surface area contributed by atoms with Crippen LogP contribution in [0.15, 0.2) is 24.3 Å². The molecule has 0 amide bonds. The molecule has 1 unspecified atom stereocenters. The number of fused-ring (bicyclic) bond motifs is 1. The summed E-state index contributed by atoms with van der Waals surface area (Å²) in [6.45, 7) is 14.3. The fraction of sp³-hybridized carbons (Fsp3) is 0.524. The molecule has 2 aromatic rings. The highest BCUT2D eigenvalue weighted by Gasteiger charge is 2.18. The highest BCUT2D eigenvalue weighted by molar-refractivity contribution is 5.95. The van der Waals surface area contributed by atoms with Gasteiger partial charge in [-0.3, -0.25) is 0 Å². The largest absolute Gasteiger partial charge is 0.493 e. The zero-order valence-corrected chi connectivity index (χ0v) is 15.4. The van der Waals surface area contributed by atoms with Gasteiger partial charge in [-0.15, -0.1) is 0 Å². The lowest BCUT2D eigenvalue weighted by molar-refractivity contribution is 0.335. The molecule has 0 saturated heterocycles. The van der Waals surface area contributed by atoms with Crippen LogP contribution in [0.2, 0.25) is 0 Å². The smallest absolute Gasteiger partial charge is 0.130 e. The molecular weight excluding hydrogens is 284 g/mol. The van der Waals surface area contributed by atoms with Crippen molar-refractivity contribution in [3.05, 3.63) is 35.4 Å². The van der Waals surface area contributed by atoms with Crippen LogP contribution in [-0.2, 0) is 0 Å². The van der Waals surface area contributed by atoms with Gasteiger partial charge in [-0.2, -0.15) is 0 Å². The topological polar surface area (TPSA) is 18.5 Å². The summed E-state index contributed by atoms with van der Waals surface area (Å²) in [7, 11) is 0. The summed E-state index contributed by atoms with van der Waals surface area (Å²) in [5, 5.41) is 2.33. The second kappa shape index (κ2) is 7.72. The Bertz CT molecular complexity index is 658. The summed E-state index contributed by atoms with van der Waals surface area (Å²) in [6, 6.07) is 8.81. The number of ether oxygens (including phenoxy) is 2. The van der Waals surface area contributed by atoms with E-state index in [0.717, 1.165) is 28.7 Å². The van der Waals surface area contributed by atoms with E-state index in [4.69, 9.17) is 9.47 Å². The summed E-state index contributed by atoms with van der Waals surface area (Å²) in [6.07, 6.45) is 1.11. The molecule has 0 aliphatic heterocycles. The van der Waals surface area contributed by atoms with Crippen molar-refractivity contribution in [1.29, 1.82) is 0 Å². The first-order chi connectivity index (χ1) is 11.0. The van der Waals surface area contributed by atoms with E-state index in [1.54, 1.807) is 0 Å². The number of hydrogen-bond donors (Lipinski definition) is 0. The third-order valence-electron chi connectivity index (χ3n) is 4.51. The Balaban J connectivity index is 2.75. The molecule has 0 N–H and O–H groups in total. The molecule has 0 spiro atoms. The summed E-state index contributed by atoms with van der Waals surface area (Å²) in [5.41, 5.74) is 2.56. The van der Waals surface area contributed by atoms with Crippen LogP contribution in [0.3, 0.4) is 0 Å².